The highest BCUT2D eigenvalue weighted by atomic mass is 79.9. The van der Waals surface area contributed by atoms with E-state index >= 15 is 0 Å². The average Bonchev–Trinajstić information content (AvgIpc) is 2.27. The minimum absolute atomic E-state index is 0.0654. The number of anilines is 1. The van der Waals surface area contributed by atoms with Crippen LogP contribution in [-0.4, -0.2) is 31.8 Å². The molecule has 1 aromatic rings. The molecule has 0 aliphatic rings. The first-order valence-corrected chi connectivity index (χ1v) is 6.48. The van der Waals surface area contributed by atoms with Crippen LogP contribution in [0.1, 0.15) is 24.2 Å². The highest BCUT2D eigenvalue weighted by Gasteiger charge is 2.12. The topological polar surface area (TPSA) is 49.4 Å². The summed E-state index contributed by atoms with van der Waals surface area (Å²) >= 11 is 3.36. The Bertz CT molecular complexity index is 447. The van der Waals surface area contributed by atoms with Crippen molar-refractivity contribution in [1.29, 1.82) is 0 Å². The molecule has 0 aliphatic carbocycles. The number of rotatable bonds is 5. The van der Waals surface area contributed by atoms with Gasteiger partial charge < -0.3 is 10.2 Å². The van der Waals surface area contributed by atoms with Gasteiger partial charge in [-0.25, -0.2) is 0 Å². The zero-order valence-corrected chi connectivity index (χ0v) is 12.3. The number of aldehydes is 1. The molecule has 0 radical (unpaired) electrons. The second kappa shape index (κ2) is 6.54. The Hall–Kier alpha value is -1.36. The molecule has 1 aromatic carbocycles. The number of nitrogens with one attached hydrogen (secondary N) is 1. The van der Waals surface area contributed by atoms with Crippen LogP contribution in [0.3, 0.4) is 0 Å². The van der Waals surface area contributed by atoms with Gasteiger partial charge in [-0.2, -0.15) is 0 Å². The Kier molecular flexibility index (Phi) is 5.34. The molecule has 0 bridgehead atoms. The van der Waals surface area contributed by atoms with Gasteiger partial charge in [0.15, 0.2) is 6.29 Å². The van der Waals surface area contributed by atoms with Gasteiger partial charge in [-0.1, -0.05) is 15.9 Å². The van der Waals surface area contributed by atoms with Crippen LogP contribution in [-0.2, 0) is 4.79 Å². The van der Waals surface area contributed by atoms with Crippen molar-refractivity contribution >= 4 is 33.8 Å². The number of benzene rings is 1. The number of amides is 1. The van der Waals surface area contributed by atoms with E-state index < -0.39 is 0 Å². The van der Waals surface area contributed by atoms with E-state index in [9.17, 15) is 9.59 Å². The maximum absolute atomic E-state index is 11.7. The van der Waals surface area contributed by atoms with Gasteiger partial charge >= 0.3 is 0 Å². The average molecular weight is 313 g/mol. The van der Waals surface area contributed by atoms with E-state index in [-0.39, 0.29) is 18.5 Å². The second-order valence-electron chi connectivity index (χ2n) is 4.40. The predicted octanol–water partition coefficient (Wildman–Crippen LogP) is 2.22. The number of carbonyl (C=O) groups excluding carboxylic acids is 2. The molecular weight excluding hydrogens is 296 g/mol. The van der Waals surface area contributed by atoms with Crippen molar-refractivity contribution in [3.05, 3.63) is 28.2 Å². The molecule has 0 saturated heterocycles. The number of hydrogen-bond donors (Lipinski definition) is 1. The molecular formula is C13H17BrN2O2. The minimum atomic E-state index is -0.0654. The Balaban J connectivity index is 2.83. The number of likely N-dealkylation sites (N-methyl/N-ethyl adjacent to an activating group) is 1. The summed E-state index contributed by atoms with van der Waals surface area (Å²) < 4.78 is 0.874. The molecule has 0 heterocycles. The molecule has 18 heavy (non-hydrogen) atoms. The molecule has 0 aromatic heterocycles. The van der Waals surface area contributed by atoms with E-state index in [0.29, 0.717) is 5.56 Å². The van der Waals surface area contributed by atoms with Crippen LogP contribution >= 0.6 is 15.9 Å². The third-order valence-electron chi connectivity index (χ3n) is 2.36. The summed E-state index contributed by atoms with van der Waals surface area (Å²) in [5.41, 5.74) is 1.30. The molecule has 0 atom stereocenters. The zero-order chi connectivity index (χ0) is 13.7. The van der Waals surface area contributed by atoms with Gasteiger partial charge in [0.25, 0.3) is 0 Å². The summed E-state index contributed by atoms with van der Waals surface area (Å²) in [6, 6.07) is 5.46. The van der Waals surface area contributed by atoms with Crippen molar-refractivity contribution in [2.75, 3.05) is 18.5 Å². The van der Waals surface area contributed by atoms with Crippen LogP contribution in [0.2, 0.25) is 0 Å². The van der Waals surface area contributed by atoms with Crippen molar-refractivity contribution < 1.29 is 9.59 Å². The number of nitrogens with zero attached hydrogens (tertiary/aromatic N) is 1. The molecule has 98 valence electrons. The third-order valence-corrected chi connectivity index (χ3v) is 2.85. The lowest BCUT2D eigenvalue weighted by Gasteiger charge is -2.21. The first-order chi connectivity index (χ1) is 8.43. The monoisotopic (exact) mass is 312 g/mol. The van der Waals surface area contributed by atoms with Gasteiger partial charge in [-0.05, 0) is 32.0 Å². The van der Waals surface area contributed by atoms with Crippen molar-refractivity contribution in [1.82, 2.24) is 5.32 Å². The quantitative estimate of drug-likeness (QED) is 0.848. The zero-order valence-electron chi connectivity index (χ0n) is 10.7. The maximum atomic E-state index is 11.7. The van der Waals surface area contributed by atoms with E-state index in [1.54, 1.807) is 24.1 Å². The van der Waals surface area contributed by atoms with Crippen LogP contribution in [0.5, 0.6) is 0 Å². The summed E-state index contributed by atoms with van der Waals surface area (Å²) in [7, 11) is 1.79. The molecule has 0 unspecified atom stereocenters. The van der Waals surface area contributed by atoms with E-state index in [1.807, 2.05) is 19.9 Å². The van der Waals surface area contributed by atoms with Crippen LogP contribution in [0.4, 0.5) is 5.69 Å². The summed E-state index contributed by atoms with van der Waals surface area (Å²) in [5, 5.41) is 2.81. The lowest BCUT2D eigenvalue weighted by Crippen LogP contribution is -2.38. The second-order valence-corrected chi connectivity index (χ2v) is 5.31. The molecule has 0 saturated carbocycles. The van der Waals surface area contributed by atoms with Crippen molar-refractivity contribution in [2.24, 2.45) is 0 Å². The fourth-order valence-electron chi connectivity index (χ4n) is 1.62. The summed E-state index contributed by atoms with van der Waals surface area (Å²) in [4.78, 5) is 24.4. The SMILES string of the molecule is CC(C)NC(=O)CN(C)c1cc(Br)ccc1C=O. The third kappa shape index (κ3) is 4.14. The summed E-state index contributed by atoms with van der Waals surface area (Å²) in [6.45, 7) is 4.04. The fraction of sp³-hybridized carbons (Fsp3) is 0.385. The van der Waals surface area contributed by atoms with Crippen molar-refractivity contribution in [3.8, 4) is 0 Å². The Morgan fingerprint density at radius 1 is 1.50 bits per heavy atom. The highest BCUT2D eigenvalue weighted by Crippen LogP contribution is 2.23. The molecule has 1 N–H and O–H groups in total. The molecule has 4 nitrogen and oxygen atoms in total. The van der Waals surface area contributed by atoms with Crippen LogP contribution < -0.4 is 10.2 Å². The van der Waals surface area contributed by atoms with Crippen molar-refractivity contribution in [2.45, 2.75) is 19.9 Å². The van der Waals surface area contributed by atoms with Gasteiger partial charge in [-0.15, -0.1) is 0 Å². The molecule has 1 amide bonds. The minimum Gasteiger partial charge on any atom is -0.365 e. The Morgan fingerprint density at radius 3 is 2.72 bits per heavy atom. The Morgan fingerprint density at radius 2 is 2.17 bits per heavy atom. The van der Waals surface area contributed by atoms with Crippen LogP contribution in [0, 0.1) is 0 Å². The molecule has 0 spiro atoms. The van der Waals surface area contributed by atoms with Gasteiger partial charge in [0.1, 0.15) is 0 Å². The fourth-order valence-corrected chi connectivity index (χ4v) is 1.96. The van der Waals surface area contributed by atoms with E-state index in [0.717, 1.165) is 16.4 Å². The first-order valence-electron chi connectivity index (χ1n) is 5.69. The Labute approximate surface area is 115 Å². The molecule has 1 rings (SSSR count). The van der Waals surface area contributed by atoms with Gasteiger partial charge in [-0.3, -0.25) is 9.59 Å². The first kappa shape index (κ1) is 14.7. The number of hydrogen-bond acceptors (Lipinski definition) is 3. The van der Waals surface area contributed by atoms with Crippen molar-refractivity contribution in [3.63, 3.8) is 0 Å². The van der Waals surface area contributed by atoms with Gasteiger partial charge in [0, 0.05) is 28.8 Å². The predicted molar refractivity (Wildman–Crippen MR) is 76.1 cm³/mol. The molecule has 0 aliphatic heterocycles. The lowest BCUT2D eigenvalue weighted by atomic mass is 10.2. The normalized spacial score (nSPS) is 10.3. The van der Waals surface area contributed by atoms with Crippen LogP contribution in [0.25, 0.3) is 0 Å². The van der Waals surface area contributed by atoms with Gasteiger partial charge in [0.2, 0.25) is 5.91 Å². The van der Waals surface area contributed by atoms with Crippen LogP contribution in [0.15, 0.2) is 22.7 Å². The molecule has 0 fully saturated rings. The largest absolute Gasteiger partial charge is 0.365 e. The van der Waals surface area contributed by atoms with E-state index in [4.69, 9.17) is 0 Å². The van der Waals surface area contributed by atoms with E-state index in [2.05, 4.69) is 21.2 Å². The highest BCUT2D eigenvalue weighted by molar-refractivity contribution is 9.10. The lowest BCUT2D eigenvalue weighted by molar-refractivity contribution is -0.120. The summed E-state index contributed by atoms with van der Waals surface area (Å²) in [5.74, 6) is -0.0654. The van der Waals surface area contributed by atoms with E-state index in [1.165, 1.54) is 0 Å². The number of carbonyl (C=O) groups is 2. The van der Waals surface area contributed by atoms with Gasteiger partial charge in [0.05, 0.1) is 6.54 Å². The smallest absolute Gasteiger partial charge is 0.239 e. The summed E-state index contributed by atoms with van der Waals surface area (Å²) in [6.07, 6.45) is 0.790. The number of halogens is 1. The molecule has 5 heteroatoms. The standard InChI is InChI=1S/C13H17BrN2O2/c1-9(2)15-13(18)7-16(3)12-6-11(14)5-4-10(12)8-17/h4-6,8-9H,7H2,1-3H3,(H,15,18). The maximum Gasteiger partial charge on any atom is 0.239 e.